The van der Waals surface area contributed by atoms with Crippen LogP contribution in [0.5, 0.6) is 0 Å². The molecule has 154 valence electrons. The lowest BCUT2D eigenvalue weighted by atomic mass is 10.1. The van der Waals surface area contributed by atoms with Crippen LogP contribution in [0.1, 0.15) is 27.8 Å². The number of carbonyl (C=O) groups excluding carboxylic acids is 2. The van der Waals surface area contributed by atoms with Crippen molar-refractivity contribution in [1.29, 1.82) is 0 Å². The van der Waals surface area contributed by atoms with Gasteiger partial charge >= 0.3 is 5.97 Å². The lowest BCUT2D eigenvalue weighted by Crippen LogP contribution is -2.13. The number of carbonyl (C=O) groups is 2. The zero-order chi connectivity index (χ0) is 21.6. The number of anilines is 1. The highest BCUT2D eigenvalue weighted by atomic mass is 16.5. The second-order valence-corrected chi connectivity index (χ2v) is 6.65. The van der Waals surface area contributed by atoms with Crippen molar-refractivity contribution in [2.75, 3.05) is 11.9 Å². The summed E-state index contributed by atoms with van der Waals surface area (Å²) in [5, 5.41) is 7.35. The van der Waals surface area contributed by atoms with Gasteiger partial charge in [-0.3, -0.25) is 9.78 Å². The first-order valence-electron chi connectivity index (χ1n) is 9.80. The molecule has 1 N–H and O–H groups in total. The van der Waals surface area contributed by atoms with Gasteiger partial charge in [-0.25, -0.2) is 9.48 Å². The van der Waals surface area contributed by atoms with Crippen LogP contribution in [-0.2, 0) is 4.74 Å². The van der Waals surface area contributed by atoms with Crippen molar-refractivity contribution in [2.45, 2.75) is 6.92 Å². The molecule has 0 atom stereocenters. The van der Waals surface area contributed by atoms with Gasteiger partial charge in [0.2, 0.25) is 0 Å². The molecule has 0 aliphatic rings. The minimum absolute atomic E-state index is 0.269. The number of pyridine rings is 1. The Bertz CT molecular complexity index is 1130. The topological polar surface area (TPSA) is 86.1 Å². The molecule has 0 saturated heterocycles. The maximum atomic E-state index is 12.9. The average Bonchev–Trinajstić information content (AvgIpc) is 3.27. The van der Waals surface area contributed by atoms with E-state index in [0.29, 0.717) is 17.9 Å². The van der Waals surface area contributed by atoms with E-state index < -0.39 is 5.97 Å². The zero-order valence-corrected chi connectivity index (χ0v) is 16.9. The van der Waals surface area contributed by atoms with E-state index in [1.807, 2.05) is 42.5 Å². The first-order chi connectivity index (χ1) is 15.2. The number of hydrogen-bond acceptors (Lipinski definition) is 5. The summed E-state index contributed by atoms with van der Waals surface area (Å²) in [7, 11) is 0. The highest BCUT2D eigenvalue weighted by Gasteiger charge is 2.17. The third kappa shape index (κ3) is 4.51. The molecule has 0 bridgehead atoms. The van der Waals surface area contributed by atoms with Crippen LogP contribution in [0.25, 0.3) is 16.9 Å². The van der Waals surface area contributed by atoms with Crippen LogP contribution in [0, 0.1) is 0 Å². The van der Waals surface area contributed by atoms with Crippen LogP contribution in [0.4, 0.5) is 5.69 Å². The van der Waals surface area contributed by atoms with Crippen molar-refractivity contribution >= 4 is 17.6 Å². The Labute approximate surface area is 179 Å². The molecule has 0 radical (unpaired) electrons. The number of para-hydroxylation sites is 1. The molecule has 2 aromatic carbocycles. The number of ether oxygens (including phenoxy) is 1. The van der Waals surface area contributed by atoms with E-state index in [1.165, 1.54) is 0 Å². The standard InChI is InChI=1S/C24H20N4O3/c1-2-31-24(30)18-8-10-19(11-9-18)26-23(29)21-16-22(17-12-14-25-15-13-17)28(27-21)20-6-4-3-5-7-20/h3-16H,2H2,1H3,(H,26,29). The highest BCUT2D eigenvalue weighted by Crippen LogP contribution is 2.24. The summed E-state index contributed by atoms with van der Waals surface area (Å²) in [4.78, 5) is 28.7. The van der Waals surface area contributed by atoms with E-state index in [2.05, 4.69) is 15.4 Å². The first-order valence-corrected chi connectivity index (χ1v) is 9.80. The van der Waals surface area contributed by atoms with Gasteiger partial charge in [0.1, 0.15) is 0 Å². The number of hydrogen-bond donors (Lipinski definition) is 1. The number of rotatable bonds is 6. The van der Waals surface area contributed by atoms with Gasteiger partial charge in [0.25, 0.3) is 5.91 Å². The Morgan fingerprint density at radius 3 is 2.35 bits per heavy atom. The van der Waals surface area contributed by atoms with E-state index in [4.69, 9.17) is 4.74 Å². The van der Waals surface area contributed by atoms with Crippen molar-refractivity contribution in [2.24, 2.45) is 0 Å². The Hall–Kier alpha value is -4.26. The molecule has 4 aromatic rings. The summed E-state index contributed by atoms with van der Waals surface area (Å²) in [6.07, 6.45) is 3.39. The number of aromatic nitrogens is 3. The number of benzene rings is 2. The van der Waals surface area contributed by atoms with Crippen molar-refractivity contribution in [3.8, 4) is 16.9 Å². The fraction of sp³-hybridized carbons (Fsp3) is 0.0833. The molecule has 1 amide bonds. The quantitative estimate of drug-likeness (QED) is 0.476. The number of esters is 1. The number of amides is 1. The molecule has 2 heterocycles. The molecule has 4 rings (SSSR count). The smallest absolute Gasteiger partial charge is 0.338 e. The summed E-state index contributed by atoms with van der Waals surface area (Å²) in [5.74, 6) is -0.752. The van der Waals surface area contributed by atoms with Gasteiger partial charge in [0.05, 0.1) is 23.6 Å². The summed E-state index contributed by atoms with van der Waals surface area (Å²) in [6.45, 7) is 2.06. The van der Waals surface area contributed by atoms with Gasteiger partial charge in [0.15, 0.2) is 5.69 Å². The predicted molar refractivity (Wildman–Crippen MR) is 117 cm³/mol. The van der Waals surface area contributed by atoms with Crippen LogP contribution >= 0.6 is 0 Å². The normalized spacial score (nSPS) is 10.5. The Kier molecular flexibility index (Phi) is 5.84. The predicted octanol–water partition coefficient (Wildman–Crippen LogP) is 4.36. The summed E-state index contributed by atoms with van der Waals surface area (Å²) in [5.41, 5.74) is 3.75. The minimum atomic E-state index is -0.399. The first kappa shape index (κ1) is 20.0. The molecule has 0 unspecified atom stereocenters. The van der Waals surface area contributed by atoms with Crippen molar-refractivity contribution in [3.63, 3.8) is 0 Å². The Balaban J connectivity index is 1.61. The fourth-order valence-electron chi connectivity index (χ4n) is 3.09. The number of nitrogens with zero attached hydrogens (tertiary/aromatic N) is 3. The van der Waals surface area contributed by atoms with E-state index in [9.17, 15) is 9.59 Å². The van der Waals surface area contributed by atoms with Crippen LogP contribution in [0.2, 0.25) is 0 Å². The second kappa shape index (κ2) is 9.04. The van der Waals surface area contributed by atoms with E-state index >= 15 is 0 Å². The summed E-state index contributed by atoms with van der Waals surface area (Å²) < 4.78 is 6.70. The minimum Gasteiger partial charge on any atom is -0.462 e. The van der Waals surface area contributed by atoms with Gasteiger partial charge in [-0.15, -0.1) is 0 Å². The van der Waals surface area contributed by atoms with E-state index in [-0.39, 0.29) is 11.6 Å². The fourth-order valence-corrected chi connectivity index (χ4v) is 3.09. The van der Waals surface area contributed by atoms with Crippen molar-refractivity contribution in [3.05, 3.63) is 96.4 Å². The largest absolute Gasteiger partial charge is 0.462 e. The second-order valence-electron chi connectivity index (χ2n) is 6.65. The summed E-state index contributed by atoms with van der Waals surface area (Å²) >= 11 is 0. The molecule has 0 aliphatic carbocycles. The zero-order valence-electron chi connectivity index (χ0n) is 16.9. The SMILES string of the molecule is CCOC(=O)c1ccc(NC(=O)c2cc(-c3ccncc3)n(-c3ccccc3)n2)cc1. The van der Waals surface area contributed by atoms with E-state index in [1.54, 1.807) is 54.3 Å². The molecular formula is C24H20N4O3. The third-order valence-corrected chi connectivity index (χ3v) is 4.57. The molecule has 7 nitrogen and oxygen atoms in total. The molecule has 7 heteroatoms. The van der Waals surface area contributed by atoms with Crippen LogP contribution in [0.15, 0.2) is 85.2 Å². The van der Waals surface area contributed by atoms with Crippen LogP contribution < -0.4 is 5.32 Å². The average molecular weight is 412 g/mol. The molecule has 0 saturated carbocycles. The van der Waals surface area contributed by atoms with Crippen LogP contribution in [0.3, 0.4) is 0 Å². The Morgan fingerprint density at radius 2 is 1.68 bits per heavy atom. The molecular weight excluding hydrogens is 392 g/mol. The van der Waals surface area contributed by atoms with Gasteiger partial charge in [-0.1, -0.05) is 18.2 Å². The van der Waals surface area contributed by atoms with Crippen molar-refractivity contribution in [1.82, 2.24) is 14.8 Å². The molecule has 0 aliphatic heterocycles. The maximum Gasteiger partial charge on any atom is 0.338 e. The lowest BCUT2D eigenvalue weighted by molar-refractivity contribution is 0.0526. The van der Waals surface area contributed by atoms with Gasteiger partial charge < -0.3 is 10.1 Å². The molecule has 2 aromatic heterocycles. The highest BCUT2D eigenvalue weighted by molar-refractivity contribution is 6.03. The molecule has 0 spiro atoms. The number of nitrogens with one attached hydrogen (secondary N) is 1. The van der Waals surface area contributed by atoms with E-state index in [0.717, 1.165) is 16.9 Å². The third-order valence-electron chi connectivity index (χ3n) is 4.57. The monoisotopic (exact) mass is 412 g/mol. The molecule has 0 fully saturated rings. The lowest BCUT2D eigenvalue weighted by Gasteiger charge is -2.07. The maximum absolute atomic E-state index is 12.9. The van der Waals surface area contributed by atoms with Gasteiger partial charge in [-0.2, -0.15) is 5.10 Å². The molecule has 31 heavy (non-hydrogen) atoms. The van der Waals surface area contributed by atoms with Gasteiger partial charge in [-0.05, 0) is 61.5 Å². The van der Waals surface area contributed by atoms with Crippen molar-refractivity contribution < 1.29 is 14.3 Å². The summed E-state index contributed by atoms with van der Waals surface area (Å²) in [6, 6.07) is 21.6. The van der Waals surface area contributed by atoms with Crippen LogP contribution in [-0.4, -0.2) is 33.2 Å². The Morgan fingerprint density at radius 1 is 0.968 bits per heavy atom. The van der Waals surface area contributed by atoms with Gasteiger partial charge in [0, 0.05) is 23.6 Å².